The lowest BCUT2D eigenvalue weighted by Gasteiger charge is -2.25. The molecule has 3 heteroatoms. The van der Waals surface area contributed by atoms with Gasteiger partial charge >= 0.3 is 0 Å². The summed E-state index contributed by atoms with van der Waals surface area (Å²) in [4.78, 5) is 0. The maximum Gasteiger partial charge on any atom is 0.0568 e. The molecule has 1 fully saturated rings. The van der Waals surface area contributed by atoms with Crippen molar-refractivity contribution < 1.29 is 0 Å². The highest BCUT2D eigenvalue weighted by atomic mass is 14.9. The standard InChI is InChI=1S/C11H17N3/c12-10-5-4-9(6-11(10)13)14-7-8-2-1-3-8/h4-6,8,14H,1-3,7,12-13H2. The van der Waals surface area contributed by atoms with Gasteiger partial charge in [-0.3, -0.25) is 0 Å². The summed E-state index contributed by atoms with van der Waals surface area (Å²) in [6.07, 6.45) is 4.10. The average Bonchev–Trinajstić information content (AvgIpc) is 2.08. The molecule has 0 aliphatic heterocycles. The van der Waals surface area contributed by atoms with Crippen LogP contribution >= 0.6 is 0 Å². The zero-order valence-electron chi connectivity index (χ0n) is 8.29. The monoisotopic (exact) mass is 191 g/mol. The normalized spacial score (nSPS) is 16.3. The van der Waals surface area contributed by atoms with Gasteiger partial charge < -0.3 is 16.8 Å². The van der Waals surface area contributed by atoms with E-state index < -0.39 is 0 Å². The lowest BCUT2D eigenvalue weighted by Crippen LogP contribution is -2.20. The Morgan fingerprint density at radius 3 is 2.57 bits per heavy atom. The molecule has 0 saturated heterocycles. The van der Waals surface area contributed by atoms with Crippen LogP contribution < -0.4 is 16.8 Å². The molecule has 0 bridgehead atoms. The van der Waals surface area contributed by atoms with Gasteiger partial charge in [-0.05, 0) is 37.0 Å². The molecule has 0 aromatic heterocycles. The van der Waals surface area contributed by atoms with Gasteiger partial charge in [-0.15, -0.1) is 0 Å². The van der Waals surface area contributed by atoms with Crippen molar-refractivity contribution in [1.29, 1.82) is 0 Å². The van der Waals surface area contributed by atoms with Crippen molar-refractivity contribution in [3.05, 3.63) is 18.2 Å². The average molecular weight is 191 g/mol. The Morgan fingerprint density at radius 1 is 1.21 bits per heavy atom. The lowest BCUT2D eigenvalue weighted by molar-refractivity contribution is 0.333. The zero-order chi connectivity index (χ0) is 9.97. The predicted octanol–water partition coefficient (Wildman–Crippen LogP) is 2.06. The van der Waals surface area contributed by atoms with Crippen LogP contribution in [0.15, 0.2) is 18.2 Å². The molecule has 1 aromatic rings. The third kappa shape index (κ3) is 1.92. The summed E-state index contributed by atoms with van der Waals surface area (Å²) in [7, 11) is 0. The van der Waals surface area contributed by atoms with Crippen molar-refractivity contribution in [3.63, 3.8) is 0 Å². The van der Waals surface area contributed by atoms with Crippen molar-refractivity contribution in [1.82, 2.24) is 0 Å². The van der Waals surface area contributed by atoms with E-state index in [1.807, 2.05) is 18.2 Å². The molecular weight excluding hydrogens is 174 g/mol. The number of hydrogen-bond donors (Lipinski definition) is 3. The molecule has 14 heavy (non-hydrogen) atoms. The molecule has 1 aliphatic rings. The third-order valence-electron chi connectivity index (χ3n) is 2.91. The summed E-state index contributed by atoms with van der Waals surface area (Å²) in [5.41, 5.74) is 13.7. The second-order valence-corrected chi connectivity index (χ2v) is 4.02. The SMILES string of the molecule is Nc1ccc(NCC2CCC2)cc1N. The van der Waals surface area contributed by atoms with Gasteiger partial charge in [0.15, 0.2) is 0 Å². The summed E-state index contributed by atoms with van der Waals surface area (Å²) in [6, 6.07) is 5.72. The number of nitrogens with one attached hydrogen (secondary N) is 1. The van der Waals surface area contributed by atoms with Gasteiger partial charge in [0.05, 0.1) is 11.4 Å². The first-order valence-corrected chi connectivity index (χ1v) is 5.14. The van der Waals surface area contributed by atoms with E-state index in [4.69, 9.17) is 11.5 Å². The second-order valence-electron chi connectivity index (χ2n) is 4.02. The highest BCUT2D eigenvalue weighted by molar-refractivity contribution is 5.69. The molecule has 0 spiro atoms. The number of anilines is 3. The van der Waals surface area contributed by atoms with Crippen LogP contribution in [0.1, 0.15) is 19.3 Å². The van der Waals surface area contributed by atoms with E-state index >= 15 is 0 Å². The Balaban J connectivity index is 1.91. The topological polar surface area (TPSA) is 64.1 Å². The summed E-state index contributed by atoms with van der Waals surface area (Å²) >= 11 is 0. The van der Waals surface area contributed by atoms with Gasteiger partial charge in [0.2, 0.25) is 0 Å². The van der Waals surface area contributed by atoms with Crippen molar-refractivity contribution in [2.75, 3.05) is 23.3 Å². The van der Waals surface area contributed by atoms with Crippen LogP contribution in [-0.4, -0.2) is 6.54 Å². The van der Waals surface area contributed by atoms with Crippen LogP contribution in [0.4, 0.5) is 17.1 Å². The molecule has 5 N–H and O–H groups in total. The predicted molar refractivity (Wildman–Crippen MR) is 61.1 cm³/mol. The molecule has 2 rings (SSSR count). The molecule has 1 aromatic carbocycles. The molecular formula is C11H17N3. The lowest BCUT2D eigenvalue weighted by atomic mass is 9.85. The maximum absolute atomic E-state index is 5.71. The number of nitrogens with two attached hydrogens (primary N) is 2. The second kappa shape index (κ2) is 3.78. The minimum absolute atomic E-state index is 0.652. The number of rotatable bonds is 3. The van der Waals surface area contributed by atoms with Gasteiger partial charge in [0.25, 0.3) is 0 Å². The van der Waals surface area contributed by atoms with Crippen LogP contribution in [0, 0.1) is 5.92 Å². The smallest absolute Gasteiger partial charge is 0.0568 e. The largest absolute Gasteiger partial charge is 0.397 e. The number of nitrogen functional groups attached to an aromatic ring is 2. The van der Waals surface area contributed by atoms with Crippen molar-refractivity contribution in [2.45, 2.75) is 19.3 Å². The van der Waals surface area contributed by atoms with Gasteiger partial charge in [-0.2, -0.15) is 0 Å². The fourth-order valence-electron chi connectivity index (χ4n) is 1.64. The molecule has 0 amide bonds. The van der Waals surface area contributed by atoms with Crippen molar-refractivity contribution in [3.8, 4) is 0 Å². The highest BCUT2D eigenvalue weighted by Crippen LogP contribution is 2.27. The van der Waals surface area contributed by atoms with Crippen molar-refractivity contribution in [2.24, 2.45) is 5.92 Å². The Labute approximate surface area is 84.5 Å². The van der Waals surface area contributed by atoms with Gasteiger partial charge in [0, 0.05) is 12.2 Å². The molecule has 76 valence electrons. The minimum atomic E-state index is 0.652. The Kier molecular flexibility index (Phi) is 2.48. The van der Waals surface area contributed by atoms with Gasteiger partial charge in [-0.1, -0.05) is 6.42 Å². The van der Waals surface area contributed by atoms with Crippen LogP contribution in [0.3, 0.4) is 0 Å². The zero-order valence-corrected chi connectivity index (χ0v) is 8.29. The van der Waals surface area contributed by atoms with E-state index in [2.05, 4.69) is 5.32 Å². The molecule has 1 aliphatic carbocycles. The van der Waals surface area contributed by atoms with Crippen LogP contribution in [0.2, 0.25) is 0 Å². The summed E-state index contributed by atoms with van der Waals surface area (Å²) in [5, 5.41) is 3.38. The molecule has 0 unspecified atom stereocenters. The number of benzene rings is 1. The van der Waals surface area contributed by atoms with Crippen LogP contribution in [0.25, 0.3) is 0 Å². The molecule has 3 nitrogen and oxygen atoms in total. The van der Waals surface area contributed by atoms with Gasteiger partial charge in [-0.25, -0.2) is 0 Å². The van der Waals surface area contributed by atoms with E-state index in [9.17, 15) is 0 Å². The Morgan fingerprint density at radius 2 is 2.00 bits per heavy atom. The Bertz CT molecular complexity index is 318. The van der Waals surface area contributed by atoms with E-state index in [1.54, 1.807) is 0 Å². The fraction of sp³-hybridized carbons (Fsp3) is 0.455. The number of hydrogen-bond acceptors (Lipinski definition) is 3. The highest BCUT2D eigenvalue weighted by Gasteiger charge is 2.16. The first-order chi connectivity index (χ1) is 6.75. The molecule has 0 radical (unpaired) electrons. The van der Waals surface area contributed by atoms with E-state index in [1.165, 1.54) is 19.3 Å². The minimum Gasteiger partial charge on any atom is -0.397 e. The quantitative estimate of drug-likeness (QED) is 0.641. The van der Waals surface area contributed by atoms with E-state index in [0.29, 0.717) is 11.4 Å². The summed E-state index contributed by atoms with van der Waals surface area (Å²) < 4.78 is 0. The summed E-state index contributed by atoms with van der Waals surface area (Å²) in [6.45, 7) is 1.06. The Hall–Kier alpha value is -1.38. The first-order valence-electron chi connectivity index (χ1n) is 5.14. The maximum atomic E-state index is 5.71. The molecule has 0 heterocycles. The van der Waals surface area contributed by atoms with Gasteiger partial charge in [0.1, 0.15) is 0 Å². The van der Waals surface area contributed by atoms with E-state index in [0.717, 1.165) is 18.2 Å². The van der Waals surface area contributed by atoms with E-state index in [-0.39, 0.29) is 0 Å². The summed E-state index contributed by atoms with van der Waals surface area (Å²) in [5.74, 6) is 0.855. The van der Waals surface area contributed by atoms with Crippen molar-refractivity contribution >= 4 is 17.1 Å². The van der Waals surface area contributed by atoms with Crippen LogP contribution in [-0.2, 0) is 0 Å². The fourth-order valence-corrected chi connectivity index (χ4v) is 1.64. The molecule has 1 saturated carbocycles. The molecule has 0 atom stereocenters. The van der Waals surface area contributed by atoms with Crippen LogP contribution in [0.5, 0.6) is 0 Å². The third-order valence-corrected chi connectivity index (χ3v) is 2.91. The first kappa shape index (κ1) is 9.19.